The van der Waals surface area contributed by atoms with Gasteiger partial charge in [-0.3, -0.25) is 0 Å². The summed E-state index contributed by atoms with van der Waals surface area (Å²) < 4.78 is 20.7. The quantitative estimate of drug-likeness (QED) is 0.344. The number of rotatable bonds is 7. The van der Waals surface area contributed by atoms with Crippen molar-refractivity contribution in [2.24, 2.45) is 5.92 Å². The fourth-order valence-electron chi connectivity index (χ4n) is 3.31. The first-order valence-electron chi connectivity index (χ1n) is 11.3. The van der Waals surface area contributed by atoms with E-state index in [0.29, 0.717) is 6.42 Å². The van der Waals surface area contributed by atoms with Gasteiger partial charge in [0.05, 0.1) is 6.61 Å². The zero-order valence-electron chi connectivity index (χ0n) is 20.8. The third-order valence-corrected chi connectivity index (χ3v) is 4.81. The summed E-state index contributed by atoms with van der Waals surface area (Å²) in [6.07, 6.45) is 0.354. The first kappa shape index (κ1) is 25.8. The number of nitrogens with zero attached hydrogens (tertiary/aromatic N) is 1. The summed E-state index contributed by atoms with van der Waals surface area (Å²) in [5.74, 6) is -0.714. The van der Waals surface area contributed by atoms with Gasteiger partial charge in [0.15, 0.2) is 5.69 Å². The minimum absolute atomic E-state index is 0.0705. The summed E-state index contributed by atoms with van der Waals surface area (Å²) in [4.78, 5) is 44.3. The van der Waals surface area contributed by atoms with Crippen LogP contribution in [0.15, 0.2) is 34.9 Å². The Bertz CT molecular complexity index is 1200. The molecule has 10 heteroatoms. The number of para-hydroxylation sites is 1. The molecule has 0 saturated carbocycles. The van der Waals surface area contributed by atoms with Gasteiger partial charge in [0, 0.05) is 23.5 Å². The molecule has 3 aromatic rings. The second kappa shape index (κ2) is 10.6. The number of amides is 1. The summed E-state index contributed by atoms with van der Waals surface area (Å²) in [7, 11) is 0. The third kappa shape index (κ3) is 7.08. The number of aryl methyl sites for hydroxylation is 1. The van der Waals surface area contributed by atoms with Gasteiger partial charge >= 0.3 is 18.2 Å². The predicted octanol–water partition coefficient (Wildman–Crippen LogP) is 5.22. The van der Waals surface area contributed by atoms with Gasteiger partial charge in [0.2, 0.25) is 5.89 Å². The SMILES string of the molecule is Cc1oc([C@@H](Cc2c[nH]c3ccccc23)NC(=O)OC(C)(C)C)nc1C(=O)OC(=O)OCC(C)C. The maximum atomic E-state index is 12.6. The lowest BCUT2D eigenvalue weighted by atomic mass is 10.0. The van der Waals surface area contributed by atoms with Gasteiger partial charge in [-0.2, -0.15) is 0 Å². The minimum Gasteiger partial charge on any atom is -0.444 e. The number of hydrogen-bond donors (Lipinski definition) is 2. The van der Waals surface area contributed by atoms with Gasteiger partial charge in [0.1, 0.15) is 17.4 Å². The number of nitrogens with one attached hydrogen (secondary N) is 2. The van der Waals surface area contributed by atoms with Crippen LogP contribution in [0.5, 0.6) is 0 Å². The number of H-pyrrole nitrogens is 1. The number of hydrogen-bond acceptors (Lipinski definition) is 8. The Morgan fingerprint density at radius 3 is 2.57 bits per heavy atom. The van der Waals surface area contributed by atoms with Crippen molar-refractivity contribution in [3.05, 3.63) is 53.4 Å². The van der Waals surface area contributed by atoms with Crippen LogP contribution in [0.1, 0.15) is 68.4 Å². The van der Waals surface area contributed by atoms with Crippen LogP contribution >= 0.6 is 0 Å². The fourth-order valence-corrected chi connectivity index (χ4v) is 3.31. The van der Waals surface area contributed by atoms with Crippen molar-refractivity contribution in [1.82, 2.24) is 15.3 Å². The van der Waals surface area contributed by atoms with Crippen LogP contribution in [0.4, 0.5) is 9.59 Å². The smallest absolute Gasteiger partial charge is 0.444 e. The Labute approximate surface area is 203 Å². The highest BCUT2D eigenvalue weighted by atomic mass is 16.7. The molecule has 2 heterocycles. The topological polar surface area (TPSA) is 133 Å². The Kier molecular flexibility index (Phi) is 7.83. The summed E-state index contributed by atoms with van der Waals surface area (Å²) in [6.45, 7) is 10.6. The van der Waals surface area contributed by atoms with Crippen molar-refractivity contribution in [1.29, 1.82) is 0 Å². The van der Waals surface area contributed by atoms with Gasteiger partial charge in [0.25, 0.3) is 0 Å². The van der Waals surface area contributed by atoms with Crippen molar-refractivity contribution < 1.29 is 33.0 Å². The van der Waals surface area contributed by atoms with Crippen LogP contribution in [0.2, 0.25) is 0 Å². The van der Waals surface area contributed by atoms with E-state index in [4.69, 9.17) is 18.6 Å². The molecule has 0 bridgehead atoms. The summed E-state index contributed by atoms with van der Waals surface area (Å²) in [5.41, 5.74) is 0.939. The van der Waals surface area contributed by atoms with Gasteiger partial charge in [-0.25, -0.2) is 19.4 Å². The number of esters is 1. The maximum Gasteiger partial charge on any atom is 0.516 e. The van der Waals surface area contributed by atoms with E-state index < -0.39 is 29.9 Å². The molecule has 35 heavy (non-hydrogen) atoms. The molecule has 2 N–H and O–H groups in total. The lowest BCUT2D eigenvalue weighted by molar-refractivity contribution is 0.0344. The van der Waals surface area contributed by atoms with E-state index in [1.165, 1.54) is 6.92 Å². The monoisotopic (exact) mass is 485 g/mol. The Balaban J connectivity index is 1.85. The molecule has 0 unspecified atom stereocenters. The molecular weight excluding hydrogens is 454 g/mol. The van der Waals surface area contributed by atoms with E-state index in [-0.39, 0.29) is 29.9 Å². The molecular formula is C25H31N3O7. The molecule has 2 aromatic heterocycles. The van der Waals surface area contributed by atoms with E-state index in [2.05, 4.69) is 15.3 Å². The van der Waals surface area contributed by atoms with Gasteiger partial charge in [-0.05, 0) is 45.2 Å². The molecule has 0 saturated heterocycles. The van der Waals surface area contributed by atoms with E-state index >= 15 is 0 Å². The molecule has 0 aliphatic carbocycles. The van der Waals surface area contributed by atoms with E-state index in [1.807, 2.05) is 44.3 Å². The highest BCUT2D eigenvalue weighted by molar-refractivity contribution is 5.94. The number of benzene rings is 1. The average molecular weight is 486 g/mol. The number of alkyl carbamates (subject to hydrolysis) is 1. The maximum absolute atomic E-state index is 12.6. The molecule has 1 amide bonds. The lowest BCUT2D eigenvalue weighted by Gasteiger charge is -2.22. The van der Waals surface area contributed by atoms with Crippen molar-refractivity contribution in [2.45, 2.75) is 59.6 Å². The molecule has 0 radical (unpaired) electrons. The Morgan fingerprint density at radius 1 is 1.17 bits per heavy atom. The second-order valence-electron chi connectivity index (χ2n) is 9.56. The van der Waals surface area contributed by atoms with Crippen LogP contribution in [0.25, 0.3) is 10.9 Å². The van der Waals surface area contributed by atoms with Gasteiger partial charge in [-0.1, -0.05) is 32.0 Å². The van der Waals surface area contributed by atoms with Crippen LogP contribution in [-0.2, 0) is 20.6 Å². The molecule has 0 fully saturated rings. The number of oxazole rings is 1. The number of aromatic amines is 1. The van der Waals surface area contributed by atoms with Crippen LogP contribution < -0.4 is 5.32 Å². The molecule has 0 aliphatic rings. The second-order valence-corrected chi connectivity index (χ2v) is 9.56. The zero-order chi connectivity index (χ0) is 25.8. The first-order chi connectivity index (χ1) is 16.4. The molecule has 188 valence electrons. The largest absolute Gasteiger partial charge is 0.516 e. The van der Waals surface area contributed by atoms with Crippen LogP contribution in [0.3, 0.4) is 0 Å². The van der Waals surface area contributed by atoms with Crippen molar-refractivity contribution in [3.8, 4) is 0 Å². The number of fused-ring (bicyclic) bond motifs is 1. The standard InChI is InChI=1S/C25H31N3O7/c1-14(2)13-32-24(31)34-22(29)20-15(3)33-21(28-20)19(27-23(30)35-25(4,5)6)11-16-12-26-18-10-8-7-9-17(16)18/h7-10,12,14,19,26H,11,13H2,1-6H3,(H,27,30)/t19-/m1/s1. The third-order valence-electron chi connectivity index (χ3n) is 4.81. The summed E-state index contributed by atoms with van der Waals surface area (Å²) in [6, 6.07) is 6.96. The molecule has 1 aromatic carbocycles. The number of carbonyl (C=O) groups is 3. The Morgan fingerprint density at radius 2 is 1.89 bits per heavy atom. The lowest BCUT2D eigenvalue weighted by Crippen LogP contribution is -2.36. The van der Waals surface area contributed by atoms with Crippen LogP contribution in [0, 0.1) is 12.8 Å². The average Bonchev–Trinajstić information content (AvgIpc) is 3.34. The van der Waals surface area contributed by atoms with E-state index in [9.17, 15) is 14.4 Å². The van der Waals surface area contributed by atoms with Crippen molar-refractivity contribution in [3.63, 3.8) is 0 Å². The van der Waals surface area contributed by atoms with Crippen molar-refractivity contribution in [2.75, 3.05) is 6.61 Å². The van der Waals surface area contributed by atoms with E-state index in [0.717, 1.165) is 16.5 Å². The normalized spacial score (nSPS) is 12.4. The fraction of sp³-hybridized carbons (Fsp3) is 0.440. The molecule has 0 aliphatic heterocycles. The number of ether oxygens (including phenoxy) is 3. The number of carbonyl (C=O) groups excluding carboxylic acids is 3. The molecule has 0 spiro atoms. The van der Waals surface area contributed by atoms with Gasteiger partial charge < -0.3 is 28.9 Å². The van der Waals surface area contributed by atoms with Crippen molar-refractivity contribution >= 4 is 29.1 Å². The zero-order valence-corrected chi connectivity index (χ0v) is 20.8. The Hall–Kier alpha value is -3.82. The highest BCUT2D eigenvalue weighted by Gasteiger charge is 2.29. The first-order valence-corrected chi connectivity index (χ1v) is 11.3. The molecule has 10 nitrogen and oxygen atoms in total. The number of aromatic nitrogens is 2. The molecule has 3 rings (SSSR count). The van der Waals surface area contributed by atoms with Gasteiger partial charge in [-0.15, -0.1) is 0 Å². The van der Waals surface area contributed by atoms with E-state index in [1.54, 1.807) is 20.8 Å². The van der Waals surface area contributed by atoms with Crippen LogP contribution in [-0.4, -0.2) is 40.4 Å². The summed E-state index contributed by atoms with van der Waals surface area (Å²) in [5, 5.41) is 3.74. The highest BCUT2D eigenvalue weighted by Crippen LogP contribution is 2.26. The summed E-state index contributed by atoms with van der Waals surface area (Å²) >= 11 is 0. The minimum atomic E-state index is -1.12. The predicted molar refractivity (Wildman–Crippen MR) is 127 cm³/mol. The molecule has 1 atom stereocenters.